The van der Waals surface area contributed by atoms with Crippen LogP contribution in [0.1, 0.15) is 31.4 Å². The molecule has 4 aromatic carbocycles. The largest absolute Gasteiger partial charge is 0.486 e. The van der Waals surface area contributed by atoms with Gasteiger partial charge in [-0.1, -0.05) is 49.4 Å². The van der Waals surface area contributed by atoms with Crippen LogP contribution in [0.4, 0.5) is 14.5 Å². The van der Waals surface area contributed by atoms with E-state index in [1.807, 2.05) is 44.2 Å². The highest BCUT2D eigenvalue weighted by Crippen LogP contribution is 2.34. The maximum Gasteiger partial charge on any atom is 0.264 e. The van der Waals surface area contributed by atoms with Gasteiger partial charge in [-0.3, -0.25) is 13.9 Å². The summed E-state index contributed by atoms with van der Waals surface area (Å²) in [5.74, 6) is -1.58. The number of halogens is 2. The minimum atomic E-state index is -4.46. The average Bonchev–Trinajstić information content (AvgIpc) is 3.10. The smallest absolute Gasteiger partial charge is 0.264 e. The molecule has 0 aromatic heterocycles. The lowest BCUT2D eigenvalue weighted by molar-refractivity contribution is -0.140. The van der Waals surface area contributed by atoms with Crippen molar-refractivity contribution in [3.8, 4) is 11.5 Å². The van der Waals surface area contributed by atoms with Gasteiger partial charge in [-0.15, -0.1) is 0 Å². The number of carbonyl (C=O) groups is 2. The van der Waals surface area contributed by atoms with E-state index in [1.54, 1.807) is 0 Å². The SMILES string of the molecule is CC[C@H](C)NC(=O)[C@@H](Cc1ccccc1)N(Cc1ccc(F)cc1)C(=O)CN(c1ccc(F)cc1)S(=O)(=O)c1ccc2c(c1)OCCO2. The predicted octanol–water partition coefficient (Wildman–Crippen LogP) is 5.49. The Kier molecular flexibility index (Phi) is 10.9. The first-order valence-electron chi connectivity index (χ1n) is 15.6. The summed E-state index contributed by atoms with van der Waals surface area (Å²) in [6, 6.07) is 22.3. The van der Waals surface area contributed by atoms with Gasteiger partial charge >= 0.3 is 0 Å². The van der Waals surface area contributed by atoms with Crippen LogP contribution in [-0.2, 0) is 32.6 Å². The van der Waals surface area contributed by atoms with Gasteiger partial charge in [0.15, 0.2) is 11.5 Å². The number of hydrogen-bond acceptors (Lipinski definition) is 6. The molecule has 0 spiro atoms. The molecule has 0 radical (unpaired) electrons. The molecule has 0 fully saturated rings. The Hall–Kier alpha value is -4.97. The van der Waals surface area contributed by atoms with Crippen LogP contribution >= 0.6 is 0 Å². The quantitative estimate of drug-likeness (QED) is 0.201. The second kappa shape index (κ2) is 15.3. The van der Waals surface area contributed by atoms with E-state index in [1.165, 1.54) is 59.5 Å². The topological polar surface area (TPSA) is 105 Å². The molecule has 0 bridgehead atoms. The second-order valence-electron chi connectivity index (χ2n) is 11.5. The number of ether oxygens (including phenoxy) is 2. The molecule has 48 heavy (non-hydrogen) atoms. The Labute approximate surface area is 279 Å². The predicted molar refractivity (Wildman–Crippen MR) is 177 cm³/mol. The lowest BCUT2D eigenvalue weighted by atomic mass is 10.0. The van der Waals surface area contributed by atoms with E-state index in [0.29, 0.717) is 24.3 Å². The van der Waals surface area contributed by atoms with Gasteiger partial charge in [0, 0.05) is 25.1 Å². The molecule has 252 valence electrons. The van der Waals surface area contributed by atoms with Gasteiger partial charge in [-0.25, -0.2) is 17.2 Å². The molecule has 9 nitrogen and oxygen atoms in total. The molecule has 0 unspecified atom stereocenters. The first-order valence-corrected chi connectivity index (χ1v) is 17.1. The van der Waals surface area contributed by atoms with Crippen LogP contribution in [0.2, 0.25) is 0 Å². The summed E-state index contributed by atoms with van der Waals surface area (Å²) >= 11 is 0. The number of sulfonamides is 1. The van der Waals surface area contributed by atoms with Crippen molar-refractivity contribution in [1.82, 2.24) is 10.2 Å². The Balaban J connectivity index is 1.57. The summed E-state index contributed by atoms with van der Waals surface area (Å²) in [6.07, 6.45) is 0.767. The summed E-state index contributed by atoms with van der Waals surface area (Å²) in [6.45, 7) is 3.46. The van der Waals surface area contributed by atoms with E-state index >= 15 is 0 Å². The molecule has 2 atom stereocenters. The van der Waals surface area contributed by atoms with Crippen LogP contribution in [0, 0.1) is 11.6 Å². The molecular weight excluding hydrogens is 640 g/mol. The maximum absolute atomic E-state index is 14.5. The van der Waals surface area contributed by atoms with Crippen molar-refractivity contribution in [2.75, 3.05) is 24.1 Å². The van der Waals surface area contributed by atoms with Crippen molar-refractivity contribution < 1.29 is 36.3 Å². The number of rotatable bonds is 13. The van der Waals surface area contributed by atoms with Crippen molar-refractivity contribution in [1.29, 1.82) is 0 Å². The third-order valence-electron chi connectivity index (χ3n) is 8.03. The number of amides is 2. The summed E-state index contributed by atoms with van der Waals surface area (Å²) in [5.41, 5.74) is 1.34. The first-order chi connectivity index (χ1) is 23.0. The summed E-state index contributed by atoms with van der Waals surface area (Å²) in [4.78, 5) is 29.5. The fraction of sp³-hybridized carbons (Fsp3) is 0.278. The van der Waals surface area contributed by atoms with Crippen molar-refractivity contribution in [3.05, 3.63) is 120 Å². The molecule has 5 rings (SSSR count). The Morgan fingerprint density at radius 1 is 0.833 bits per heavy atom. The van der Waals surface area contributed by atoms with Gasteiger partial charge in [0.2, 0.25) is 11.8 Å². The van der Waals surface area contributed by atoms with E-state index in [9.17, 15) is 26.8 Å². The van der Waals surface area contributed by atoms with E-state index in [0.717, 1.165) is 22.0 Å². The van der Waals surface area contributed by atoms with Crippen LogP contribution in [0.15, 0.2) is 102 Å². The van der Waals surface area contributed by atoms with Crippen molar-refractivity contribution in [2.45, 2.75) is 50.2 Å². The standard InChI is InChI=1S/C36H37F2N3O6S/c1-3-25(2)39-36(43)32(21-26-7-5-4-6-8-26)40(23-27-9-11-28(37)12-10-27)35(42)24-41(30-15-13-29(38)14-16-30)48(44,45)31-17-18-33-34(22-31)47-20-19-46-33/h4-18,22,25,32H,3,19-21,23-24H2,1-2H3,(H,39,43)/t25-,32+/m0/s1. The Bertz CT molecular complexity index is 1820. The van der Waals surface area contributed by atoms with E-state index in [-0.39, 0.29) is 41.9 Å². The zero-order valence-electron chi connectivity index (χ0n) is 26.6. The van der Waals surface area contributed by atoms with Crippen molar-refractivity contribution >= 4 is 27.5 Å². The van der Waals surface area contributed by atoms with E-state index in [2.05, 4.69) is 5.32 Å². The second-order valence-corrected chi connectivity index (χ2v) is 13.3. The third-order valence-corrected chi connectivity index (χ3v) is 9.80. The number of hydrogen-bond donors (Lipinski definition) is 1. The van der Waals surface area contributed by atoms with E-state index < -0.39 is 46.1 Å². The number of nitrogens with zero attached hydrogens (tertiary/aromatic N) is 2. The number of anilines is 1. The summed E-state index contributed by atoms with van der Waals surface area (Å²) < 4.78 is 68.5. The summed E-state index contributed by atoms with van der Waals surface area (Å²) in [7, 11) is -4.46. The highest BCUT2D eigenvalue weighted by atomic mass is 32.2. The van der Waals surface area contributed by atoms with Crippen LogP contribution in [0.25, 0.3) is 0 Å². The molecule has 2 amide bonds. The third kappa shape index (κ3) is 8.29. The zero-order chi connectivity index (χ0) is 34.3. The fourth-order valence-electron chi connectivity index (χ4n) is 5.23. The minimum absolute atomic E-state index is 0.0324. The Morgan fingerprint density at radius 2 is 1.46 bits per heavy atom. The highest BCUT2D eigenvalue weighted by molar-refractivity contribution is 7.92. The highest BCUT2D eigenvalue weighted by Gasteiger charge is 2.35. The minimum Gasteiger partial charge on any atom is -0.486 e. The molecule has 1 N–H and O–H groups in total. The van der Waals surface area contributed by atoms with Crippen molar-refractivity contribution in [2.24, 2.45) is 0 Å². The summed E-state index contributed by atoms with van der Waals surface area (Å²) in [5, 5.41) is 2.96. The molecule has 0 saturated heterocycles. The van der Waals surface area contributed by atoms with Crippen LogP contribution in [0.3, 0.4) is 0 Å². The molecule has 4 aromatic rings. The number of carbonyl (C=O) groups excluding carboxylic acids is 2. The average molecular weight is 678 g/mol. The number of fused-ring (bicyclic) bond motifs is 1. The lowest BCUT2D eigenvalue weighted by Gasteiger charge is -2.34. The van der Waals surface area contributed by atoms with Gasteiger partial charge in [0.05, 0.1) is 10.6 Å². The van der Waals surface area contributed by atoms with Gasteiger partial charge in [0.25, 0.3) is 10.0 Å². The first kappa shape index (κ1) is 34.4. The monoisotopic (exact) mass is 677 g/mol. The molecule has 1 aliphatic rings. The van der Waals surface area contributed by atoms with Gasteiger partial charge in [0.1, 0.15) is 37.4 Å². The van der Waals surface area contributed by atoms with Crippen molar-refractivity contribution in [3.63, 3.8) is 0 Å². The maximum atomic E-state index is 14.5. The fourth-order valence-corrected chi connectivity index (χ4v) is 6.66. The van der Waals surface area contributed by atoms with E-state index in [4.69, 9.17) is 9.47 Å². The Morgan fingerprint density at radius 3 is 2.10 bits per heavy atom. The lowest BCUT2D eigenvalue weighted by Crippen LogP contribution is -2.54. The van der Waals surface area contributed by atoms with Gasteiger partial charge in [-0.2, -0.15) is 0 Å². The van der Waals surface area contributed by atoms with Crippen LogP contribution in [0.5, 0.6) is 11.5 Å². The van der Waals surface area contributed by atoms with Gasteiger partial charge in [-0.05, 0) is 73.0 Å². The molecular formula is C36H37F2N3O6S. The normalized spacial score (nSPS) is 13.7. The number of nitrogens with one attached hydrogen (secondary N) is 1. The molecule has 1 heterocycles. The molecule has 12 heteroatoms. The van der Waals surface area contributed by atoms with Crippen LogP contribution < -0.4 is 19.1 Å². The molecule has 1 aliphatic heterocycles. The van der Waals surface area contributed by atoms with Gasteiger partial charge < -0.3 is 19.7 Å². The molecule has 0 saturated carbocycles. The van der Waals surface area contributed by atoms with Crippen LogP contribution in [-0.4, -0.2) is 57.0 Å². The zero-order valence-corrected chi connectivity index (χ0v) is 27.5. The molecule has 0 aliphatic carbocycles. The number of benzene rings is 4.